The van der Waals surface area contributed by atoms with Gasteiger partial charge in [0.1, 0.15) is 6.10 Å². The van der Waals surface area contributed by atoms with Crippen molar-refractivity contribution in [3.63, 3.8) is 0 Å². The van der Waals surface area contributed by atoms with Crippen molar-refractivity contribution >= 4 is 24.0 Å². The van der Waals surface area contributed by atoms with Gasteiger partial charge in [0.25, 0.3) is 0 Å². The molecule has 0 radical (unpaired) electrons. The number of amides is 4. The van der Waals surface area contributed by atoms with Crippen molar-refractivity contribution < 1.29 is 38.1 Å². The summed E-state index contributed by atoms with van der Waals surface area (Å²) < 4.78 is 24.1. The average molecular weight is 785 g/mol. The third kappa shape index (κ3) is 12.0. The molecule has 57 heavy (non-hydrogen) atoms. The first-order valence-electron chi connectivity index (χ1n) is 20.0. The van der Waals surface area contributed by atoms with Crippen LogP contribution >= 0.6 is 0 Å². The number of nitrogens with two attached hydrogens (primary N) is 2. The standard InChI is InChI=1S/C43H56N6O8/c44-24-31-8-4-10-33(22-31)26-46-39(50)35-12-17-48(18-13-35)42(52)56-29-37-16-21-54-41(38(37)55-28-30-6-2-1-3-7-30)57-43(53)49-19-14-36(15-20-49)40(51)47-27-34-11-5-9-32(23-34)25-45/h1-11,22-23,35-38,41H,12-21,24-29,44-45H2,(H,46,50)(H,47,51)/t37-,38?,41+/m1/s1. The van der Waals surface area contributed by atoms with Crippen molar-refractivity contribution in [3.8, 4) is 0 Å². The molecule has 3 aromatic carbocycles. The summed E-state index contributed by atoms with van der Waals surface area (Å²) in [7, 11) is 0. The van der Waals surface area contributed by atoms with E-state index in [-0.39, 0.29) is 42.8 Å². The van der Waals surface area contributed by atoms with Crippen LogP contribution in [0.1, 0.15) is 59.9 Å². The Labute approximate surface area is 334 Å². The SMILES string of the molecule is NCc1cccc(CNC(=O)C2CCN(C(=O)OC[C@H]3CCO[C@@H](OC(=O)N4CCC(C(=O)NCc5cccc(CN)c5)CC4)C3OCc3ccccc3)CC2)c1. The summed E-state index contributed by atoms with van der Waals surface area (Å²) in [5.41, 5.74) is 16.4. The first-order valence-corrected chi connectivity index (χ1v) is 20.0. The lowest BCUT2D eigenvalue weighted by molar-refractivity contribution is -0.231. The molecule has 6 rings (SSSR count). The van der Waals surface area contributed by atoms with E-state index in [0.29, 0.717) is 91.1 Å². The summed E-state index contributed by atoms with van der Waals surface area (Å²) in [4.78, 5) is 55.8. The molecule has 14 heteroatoms. The number of nitrogens with zero attached hydrogens (tertiary/aromatic N) is 2. The van der Waals surface area contributed by atoms with Crippen LogP contribution in [0.4, 0.5) is 9.59 Å². The van der Waals surface area contributed by atoms with E-state index in [2.05, 4.69) is 10.6 Å². The third-order valence-corrected chi connectivity index (χ3v) is 11.1. The van der Waals surface area contributed by atoms with E-state index in [0.717, 1.165) is 27.8 Å². The van der Waals surface area contributed by atoms with Crippen LogP contribution in [0.15, 0.2) is 78.9 Å². The van der Waals surface area contributed by atoms with Gasteiger partial charge in [-0.3, -0.25) is 9.59 Å². The zero-order valence-electron chi connectivity index (χ0n) is 32.5. The third-order valence-electron chi connectivity index (χ3n) is 11.1. The Bertz CT molecular complexity index is 1780. The van der Waals surface area contributed by atoms with E-state index < -0.39 is 24.6 Å². The fourth-order valence-corrected chi connectivity index (χ4v) is 7.57. The minimum absolute atomic E-state index is 0.0296. The van der Waals surface area contributed by atoms with Crippen molar-refractivity contribution in [3.05, 3.63) is 107 Å². The van der Waals surface area contributed by atoms with E-state index in [1.54, 1.807) is 9.80 Å². The molecule has 3 aliphatic heterocycles. The van der Waals surface area contributed by atoms with Crippen molar-refractivity contribution in [2.75, 3.05) is 39.4 Å². The number of hydrogen-bond donors (Lipinski definition) is 4. The Balaban J connectivity index is 0.972. The first-order chi connectivity index (χ1) is 27.8. The van der Waals surface area contributed by atoms with Gasteiger partial charge in [0.15, 0.2) is 0 Å². The van der Waals surface area contributed by atoms with Gasteiger partial charge in [-0.2, -0.15) is 0 Å². The van der Waals surface area contributed by atoms with Gasteiger partial charge in [-0.15, -0.1) is 0 Å². The molecule has 0 spiro atoms. The number of rotatable bonds is 14. The van der Waals surface area contributed by atoms with Gasteiger partial charge >= 0.3 is 12.2 Å². The predicted octanol–water partition coefficient (Wildman–Crippen LogP) is 4.18. The predicted molar refractivity (Wildman–Crippen MR) is 212 cm³/mol. The Kier molecular flexibility index (Phi) is 15.3. The largest absolute Gasteiger partial charge is 0.449 e. The minimum atomic E-state index is -1.02. The summed E-state index contributed by atoms with van der Waals surface area (Å²) >= 11 is 0. The van der Waals surface area contributed by atoms with Gasteiger partial charge in [0.05, 0.1) is 19.8 Å². The molecule has 0 aromatic heterocycles. The van der Waals surface area contributed by atoms with E-state index in [9.17, 15) is 19.2 Å². The lowest BCUT2D eigenvalue weighted by Crippen LogP contribution is -2.50. The Morgan fingerprint density at radius 3 is 1.70 bits per heavy atom. The number of carbonyl (C=O) groups is 4. The molecule has 0 saturated carbocycles. The number of hydrogen-bond acceptors (Lipinski definition) is 10. The van der Waals surface area contributed by atoms with Crippen LogP contribution < -0.4 is 22.1 Å². The number of ether oxygens (including phenoxy) is 4. The first kappa shape index (κ1) is 41.6. The second-order valence-electron chi connectivity index (χ2n) is 15.0. The summed E-state index contributed by atoms with van der Waals surface area (Å²) in [5.74, 6) is -0.782. The molecule has 6 N–H and O–H groups in total. The second kappa shape index (κ2) is 20.9. The Hall–Kier alpha value is -5.02. The van der Waals surface area contributed by atoms with E-state index in [1.165, 1.54) is 0 Å². The average Bonchev–Trinajstić information content (AvgIpc) is 3.26. The van der Waals surface area contributed by atoms with Crippen LogP contribution in [0.2, 0.25) is 0 Å². The zero-order chi connectivity index (χ0) is 40.0. The van der Waals surface area contributed by atoms with Gasteiger partial charge in [-0.05, 0) is 59.9 Å². The van der Waals surface area contributed by atoms with Gasteiger partial charge < -0.3 is 50.8 Å². The molecule has 3 saturated heterocycles. The monoisotopic (exact) mass is 784 g/mol. The molecular formula is C43H56N6O8. The summed E-state index contributed by atoms with van der Waals surface area (Å²) in [6, 6.07) is 25.3. The molecule has 0 aliphatic carbocycles. The van der Waals surface area contributed by atoms with Crippen LogP contribution in [0, 0.1) is 17.8 Å². The van der Waals surface area contributed by atoms with Gasteiger partial charge in [0, 0.05) is 70.1 Å². The molecule has 3 aliphatic rings. The summed E-state index contributed by atoms with van der Waals surface area (Å²) in [5, 5.41) is 6.04. The molecule has 3 fully saturated rings. The molecular weight excluding hydrogens is 729 g/mol. The van der Waals surface area contributed by atoms with E-state index in [1.807, 2.05) is 78.9 Å². The minimum Gasteiger partial charge on any atom is -0.449 e. The summed E-state index contributed by atoms with van der Waals surface area (Å²) in [6.07, 6.45) is -0.0896. The van der Waals surface area contributed by atoms with Gasteiger partial charge in [0.2, 0.25) is 18.1 Å². The molecule has 0 bridgehead atoms. The maximum absolute atomic E-state index is 13.5. The molecule has 3 heterocycles. The number of piperidine rings is 2. The Morgan fingerprint density at radius 2 is 1.16 bits per heavy atom. The van der Waals surface area contributed by atoms with Crippen LogP contribution in [0.5, 0.6) is 0 Å². The topological polar surface area (TPSA) is 188 Å². The number of likely N-dealkylation sites (tertiary alicyclic amines) is 2. The van der Waals surface area contributed by atoms with Crippen LogP contribution in [0.25, 0.3) is 0 Å². The highest BCUT2D eigenvalue weighted by Crippen LogP contribution is 2.29. The molecule has 3 atom stereocenters. The number of nitrogens with one attached hydrogen (secondary N) is 2. The maximum Gasteiger partial charge on any atom is 0.412 e. The molecule has 306 valence electrons. The highest BCUT2D eigenvalue weighted by atomic mass is 16.7. The van der Waals surface area contributed by atoms with E-state index >= 15 is 0 Å². The van der Waals surface area contributed by atoms with Crippen LogP contribution in [-0.4, -0.2) is 85.6 Å². The Morgan fingerprint density at radius 1 is 0.649 bits per heavy atom. The fraction of sp³-hybridized carbons (Fsp3) is 0.488. The van der Waals surface area contributed by atoms with Crippen molar-refractivity contribution in [2.24, 2.45) is 29.2 Å². The summed E-state index contributed by atoms with van der Waals surface area (Å²) in [6.45, 7) is 3.85. The fourth-order valence-electron chi connectivity index (χ4n) is 7.57. The number of carbonyl (C=O) groups excluding carboxylic acids is 4. The van der Waals surface area contributed by atoms with Crippen molar-refractivity contribution in [2.45, 2.75) is 77.3 Å². The van der Waals surface area contributed by atoms with Crippen LogP contribution in [-0.2, 0) is 61.3 Å². The van der Waals surface area contributed by atoms with Gasteiger partial charge in [-0.1, -0.05) is 78.9 Å². The second-order valence-corrected chi connectivity index (χ2v) is 15.0. The van der Waals surface area contributed by atoms with Crippen molar-refractivity contribution in [1.29, 1.82) is 0 Å². The normalized spacial score (nSPS) is 20.4. The lowest BCUT2D eigenvalue weighted by atomic mass is 9.95. The highest BCUT2D eigenvalue weighted by Gasteiger charge is 2.40. The molecule has 14 nitrogen and oxygen atoms in total. The molecule has 4 amide bonds. The van der Waals surface area contributed by atoms with Crippen molar-refractivity contribution in [1.82, 2.24) is 20.4 Å². The van der Waals surface area contributed by atoms with Gasteiger partial charge in [-0.25, -0.2) is 9.59 Å². The highest BCUT2D eigenvalue weighted by molar-refractivity contribution is 5.79. The smallest absolute Gasteiger partial charge is 0.412 e. The van der Waals surface area contributed by atoms with E-state index in [4.69, 9.17) is 30.4 Å². The maximum atomic E-state index is 13.5. The zero-order valence-corrected chi connectivity index (χ0v) is 32.5. The molecule has 1 unspecified atom stereocenters. The quantitative estimate of drug-likeness (QED) is 0.185. The molecule has 3 aromatic rings. The van der Waals surface area contributed by atoms with Crippen LogP contribution in [0.3, 0.4) is 0 Å². The lowest BCUT2D eigenvalue weighted by Gasteiger charge is -2.39. The number of benzene rings is 3.